The van der Waals surface area contributed by atoms with Gasteiger partial charge in [0.2, 0.25) is 6.29 Å². The van der Waals surface area contributed by atoms with Crippen molar-refractivity contribution >= 4 is 29.7 Å². The molecule has 0 unspecified atom stereocenters. The number of aliphatic hydroxyl groups excluding tert-OH is 5. The van der Waals surface area contributed by atoms with E-state index in [1.54, 1.807) is 36.4 Å². The lowest BCUT2D eigenvalue weighted by molar-refractivity contribution is -0.268. The van der Waals surface area contributed by atoms with Crippen LogP contribution in [0.1, 0.15) is 85.5 Å². The Bertz CT molecular complexity index is 2090. The molecule has 1 fully saturated rings. The zero-order valence-corrected chi connectivity index (χ0v) is 29.1. The van der Waals surface area contributed by atoms with Crippen LogP contribution < -0.4 is 9.47 Å². The van der Waals surface area contributed by atoms with Crippen molar-refractivity contribution in [2.75, 3.05) is 6.61 Å². The fourth-order valence-corrected chi connectivity index (χ4v) is 6.68. The van der Waals surface area contributed by atoms with E-state index in [0.717, 1.165) is 11.1 Å². The summed E-state index contributed by atoms with van der Waals surface area (Å²) in [5.74, 6) is -2.71. The van der Waals surface area contributed by atoms with Gasteiger partial charge in [0.15, 0.2) is 11.6 Å². The maximum absolute atomic E-state index is 14.6. The van der Waals surface area contributed by atoms with Gasteiger partial charge in [0, 0.05) is 47.8 Å². The molecule has 12 heteroatoms. The minimum Gasteiger partial charge on any atom is -0.507 e. The van der Waals surface area contributed by atoms with Crippen LogP contribution >= 0.6 is 0 Å². The third-order valence-electron chi connectivity index (χ3n) is 9.39. The Morgan fingerprint density at radius 3 is 2.26 bits per heavy atom. The first-order valence-corrected chi connectivity index (χ1v) is 17.2. The van der Waals surface area contributed by atoms with E-state index in [4.69, 9.17) is 14.2 Å². The van der Waals surface area contributed by atoms with Gasteiger partial charge in [-0.25, -0.2) is 0 Å². The molecule has 0 saturated carbocycles. The zero-order chi connectivity index (χ0) is 38.0. The fourth-order valence-electron chi connectivity index (χ4n) is 6.68. The van der Waals surface area contributed by atoms with Crippen LogP contribution in [0.4, 0.5) is 0 Å². The summed E-state index contributed by atoms with van der Waals surface area (Å²) < 4.78 is 17.2. The summed E-state index contributed by atoms with van der Waals surface area (Å²) in [5, 5.41) is 62.3. The Morgan fingerprint density at radius 1 is 0.811 bits per heavy atom. The number of hydrogen-bond acceptors (Lipinski definition) is 12. The van der Waals surface area contributed by atoms with Crippen LogP contribution in [0.5, 0.6) is 17.2 Å². The molecule has 1 aliphatic heterocycles. The van der Waals surface area contributed by atoms with Gasteiger partial charge in [-0.1, -0.05) is 54.6 Å². The summed E-state index contributed by atoms with van der Waals surface area (Å²) in [6, 6.07) is 18.4. The number of phenols is 1. The maximum Gasteiger partial charge on any atom is 0.308 e. The predicted octanol–water partition coefficient (Wildman–Crippen LogP) is 3.48. The normalized spacial score (nSPS) is 21.0. The summed E-state index contributed by atoms with van der Waals surface area (Å²) in [4.78, 5) is 41.0. The maximum atomic E-state index is 14.6. The first-order chi connectivity index (χ1) is 25.4. The number of ether oxygens (including phenoxy) is 3. The summed E-state index contributed by atoms with van der Waals surface area (Å²) in [5.41, 5.74) is 2.48. The molecule has 1 aliphatic carbocycles. The molecule has 5 atom stereocenters. The van der Waals surface area contributed by atoms with Gasteiger partial charge >= 0.3 is 5.97 Å². The fraction of sp³-hybridized carbons (Fsp3) is 0.293. The van der Waals surface area contributed by atoms with E-state index in [-0.39, 0.29) is 64.5 Å². The van der Waals surface area contributed by atoms with Crippen LogP contribution in [-0.2, 0) is 29.0 Å². The number of ketones is 2. The first-order valence-electron chi connectivity index (χ1n) is 17.2. The van der Waals surface area contributed by atoms with E-state index in [1.165, 1.54) is 32.0 Å². The highest BCUT2D eigenvalue weighted by atomic mass is 16.7. The largest absolute Gasteiger partial charge is 0.507 e. The standard InChI is InChI=1S/C41H40O12/c1-21-35(45)39(49)40(50)41(51-21)53-32-19-30-34(37(47)29(32)18-25-8-4-9-26(17-25)20-43)36(46)28-13-14-31(52-22(2)44)27(33(28)38(30)48)12-11-24-7-3-6-23(16-24)10-5-15-42/h3-4,6-9,11-14,16-17,19,21,35,39-43,45,47,49-50H,5,10,15,18,20H2,1-2H3/b12-11+/t21-,35+,39+,40+,41+/m0/s1. The monoisotopic (exact) mass is 724 g/mol. The Balaban J connectivity index is 1.49. The van der Waals surface area contributed by atoms with Crippen molar-refractivity contribution in [3.63, 3.8) is 0 Å². The van der Waals surface area contributed by atoms with Crippen molar-refractivity contribution in [2.45, 2.75) is 70.4 Å². The number of hydrogen-bond donors (Lipinski definition) is 6. The molecule has 1 heterocycles. The quantitative estimate of drug-likeness (QED) is 0.0660. The molecule has 6 N–H and O–H groups in total. The number of carbonyl (C=O) groups is 3. The number of esters is 1. The zero-order valence-electron chi connectivity index (χ0n) is 29.1. The second-order valence-corrected chi connectivity index (χ2v) is 13.1. The minimum absolute atomic E-state index is 0.0230. The van der Waals surface area contributed by atoms with Gasteiger partial charge in [-0.15, -0.1) is 0 Å². The van der Waals surface area contributed by atoms with E-state index in [9.17, 15) is 45.0 Å². The Hall–Kier alpha value is -5.21. The number of aliphatic hydroxyl groups is 5. The van der Waals surface area contributed by atoms with Gasteiger partial charge in [0.25, 0.3) is 0 Å². The average Bonchev–Trinajstić information content (AvgIpc) is 3.14. The SMILES string of the molecule is CC(=O)Oc1ccc2c(c1/C=C/c1cccc(CCCO)c1)C(=O)c1cc(O[C@H]3O[C@@H](C)[C@@H](O)[C@@H](O)[C@H]3O)c(Cc3cccc(CO)c3)c(O)c1C2=O. The van der Waals surface area contributed by atoms with Crippen LogP contribution in [0.25, 0.3) is 12.2 Å². The van der Waals surface area contributed by atoms with E-state index in [2.05, 4.69) is 0 Å². The van der Waals surface area contributed by atoms with Gasteiger partial charge in [-0.2, -0.15) is 0 Å². The molecule has 53 heavy (non-hydrogen) atoms. The highest BCUT2D eigenvalue weighted by molar-refractivity contribution is 6.31. The van der Waals surface area contributed by atoms with E-state index < -0.39 is 54.0 Å². The van der Waals surface area contributed by atoms with E-state index in [1.807, 2.05) is 24.3 Å². The number of fused-ring (bicyclic) bond motifs is 2. The van der Waals surface area contributed by atoms with E-state index >= 15 is 0 Å². The highest BCUT2D eigenvalue weighted by Crippen LogP contribution is 2.44. The molecule has 0 bridgehead atoms. The van der Waals surface area contributed by atoms with Crippen LogP contribution in [0.3, 0.4) is 0 Å². The molecule has 4 aromatic rings. The molecular formula is C41H40O12. The molecule has 2 aliphatic rings. The molecule has 0 aromatic heterocycles. The smallest absolute Gasteiger partial charge is 0.308 e. The summed E-state index contributed by atoms with van der Waals surface area (Å²) in [6.07, 6.45) is -2.85. The molecule has 6 rings (SSSR count). The predicted molar refractivity (Wildman–Crippen MR) is 192 cm³/mol. The lowest BCUT2D eigenvalue weighted by Crippen LogP contribution is -2.58. The molecule has 0 radical (unpaired) electrons. The molecule has 0 amide bonds. The third kappa shape index (κ3) is 7.65. The van der Waals surface area contributed by atoms with Crippen molar-refractivity contribution in [3.8, 4) is 17.2 Å². The van der Waals surface area contributed by atoms with E-state index in [0.29, 0.717) is 24.0 Å². The Kier molecular flexibility index (Phi) is 11.2. The van der Waals surface area contributed by atoms with Crippen LogP contribution in [0.2, 0.25) is 0 Å². The van der Waals surface area contributed by atoms with Gasteiger partial charge in [-0.3, -0.25) is 14.4 Å². The van der Waals surface area contributed by atoms with Crippen LogP contribution in [0.15, 0.2) is 66.7 Å². The number of carbonyl (C=O) groups excluding carboxylic acids is 3. The summed E-state index contributed by atoms with van der Waals surface area (Å²) in [6.45, 7) is 2.47. The lowest BCUT2D eigenvalue weighted by Gasteiger charge is -2.39. The molecule has 276 valence electrons. The molecule has 1 saturated heterocycles. The van der Waals surface area contributed by atoms with Crippen molar-refractivity contribution in [2.24, 2.45) is 0 Å². The Labute approximate surface area is 305 Å². The van der Waals surface area contributed by atoms with Gasteiger partial charge in [-0.05, 0) is 66.3 Å². The van der Waals surface area contributed by atoms with Crippen molar-refractivity contribution < 1.29 is 59.2 Å². The van der Waals surface area contributed by atoms with Crippen molar-refractivity contribution in [3.05, 3.63) is 122 Å². The van der Waals surface area contributed by atoms with Gasteiger partial charge < -0.3 is 44.8 Å². The Morgan fingerprint density at radius 2 is 1.53 bits per heavy atom. The molecule has 0 spiro atoms. The molecule has 12 nitrogen and oxygen atoms in total. The van der Waals surface area contributed by atoms with Gasteiger partial charge in [0.05, 0.1) is 18.3 Å². The lowest BCUT2D eigenvalue weighted by atomic mass is 9.79. The minimum atomic E-state index is -1.73. The van der Waals surface area contributed by atoms with Gasteiger partial charge in [0.1, 0.15) is 35.6 Å². The first kappa shape index (κ1) is 37.5. The van der Waals surface area contributed by atoms with Crippen molar-refractivity contribution in [1.82, 2.24) is 0 Å². The number of aryl methyl sites for hydroxylation is 1. The number of rotatable bonds is 11. The summed E-state index contributed by atoms with van der Waals surface area (Å²) in [7, 11) is 0. The second kappa shape index (κ2) is 15.8. The molecular weight excluding hydrogens is 684 g/mol. The number of benzene rings is 4. The summed E-state index contributed by atoms with van der Waals surface area (Å²) >= 11 is 0. The second-order valence-electron chi connectivity index (χ2n) is 13.1. The number of phenolic OH excluding ortho intramolecular Hbond substituents is 1. The highest BCUT2D eigenvalue weighted by Gasteiger charge is 2.44. The molecule has 4 aromatic carbocycles. The topological polar surface area (TPSA) is 200 Å². The van der Waals surface area contributed by atoms with Crippen LogP contribution in [0, 0.1) is 0 Å². The third-order valence-corrected chi connectivity index (χ3v) is 9.39. The van der Waals surface area contributed by atoms with Crippen LogP contribution in [-0.4, -0.2) is 85.5 Å². The average molecular weight is 725 g/mol. The number of aromatic hydroxyl groups is 1. The van der Waals surface area contributed by atoms with Crippen molar-refractivity contribution in [1.29, 1.82) is 0 Å².